The number of fused-ring (bicyclic) bond motifs is 1. The van der Waals surface area contributed by atoms with Gasteiger partial charge in [0.05, 0.1) is 24.4 Å². The normalized spacial score (nSPS) is 42.9. The van der Waals surface area contributed by atoms with Crippen molar-refractivity contribution in [3.63, 3.8) is 0 Å². The molecule has 4 atom stereocenters. The molecule has 2 aliphatic rings. The van der Waals surface area contributed by atoms with Crippen molar-refractivity contribution in [2.75, 3.05) is 6.61 Å². The quantitative estimate of drug-likeness (QED) is 0.679. The van der Waals surface area contributed by atoms with Gasteiger partial charge >= 0.3 is 0 Å². The highest BCUT2D eigenvalue weighted by molar-refractivity contribution is 4.90. The standard InChI is InChI=1S/C11H18O3/c1-2-4-9-8(12)7-11-10(14-9)5-3-6-13-11/h2,8-12H,1,3-7H2/t8-,9-,10-,11+/m1/s1. The minimum absolute atomic E-state index is 0.0737. The van der Waals surface area contributed by atoms with Crippen molar-refractivity contribution in [3.05, 3.63) is 12.7 Å². The second kappa shape index (κ2) is 4.43. The Morgan fingerprint density at radius 1 is 1.43 bits per heavy atom. The largest absolute Gasteiger partial charge is 0.390 e. The molecule has 0 spiro atoms. The van der Waals surface area contributed by atoms with Gasteiger partial charge in [-0.1, -0.05) is 6.08 Å². The highest BCUT2D eigenvalue weighted by Gasteiger charge is 2.38. The lowest BCUT2D eigenvalue weighted by atomic mass is 9.92. The topological polar surface area (TPSA) is 38.7 Å². The van der Waals surface area contributed by atoms with E-state index < -0.39 is 6.10 Å². The summed E-state index contributed by atoms with van der Waals surface area (Å²) in [5.41, 5.74) is 0. The van der Waals surface area contributed by atoms with Crippen LogP contribution >= 0.6 is 0 Å². The van der Waals surface area contributed by atoms with Crippen LogP contribution in [0.1, 0.15) is 25.7 Å². The van der Waals surface area contributed by atoms with E-state index in [-0.39, 0.29) is 18.3 Å². The number of ether oxygens (including phenoxy) is 2. The molecule has 2 saturated heterocycles. The number of hydrogen-bond acceptors (Lipinski definition) is 3. The second-order valence-electron chi connectivity index (χ2n) is 4.09. The molecular weight excluding hydrogens is 180 g/mol. The van der Waals surface area contributed by atoms with Crippen LogP contribution < -0.4 is 0 Å². The van der Waals surface area contributed by atoms with Crippen molar-refractivity contribution in [1.29, 1.82) is 0 Å². The molecule has 80 valence electrons. The van der Waals surface area contributed by atoms with Crippen LogP contribution in [0.15, 0.2) is 12.7 Å². The van der Waals surface area contributed by atoms with Gasteiger partial charge in [0, 0.05) is 13.0 Å². The number of aliphatic hydroxyl groups is 1. The maximum absolute atomic E-state index is 9.79. The first-order valence-corrected chi connectivity index (χ1v) is 5.37. The number of rotatable bonds is 2. The summed E-state index contributed by atoms with van der Waals surface area (Å²) in [4.78, 5) is 0. The van der Waals surface area contributed by atoms with Crippen LogP contribution in [0, 0.1) is 0 Å². The zero-order valence-corrected chi connectivity index (χ0v) is 8.39. The Labute approximate surface area is 84.7 Å². The summed E-state index contributed by atoms with van der Waals surface area (Å²) in [5.74, 6) is 0. The molecule has 3 heteroatoms. The average molecular weight is 198 g/mol. The van der Waals surface area contributed by atoms with Crippen LogP contribution in [-0.2, 0) is 9.47 Å². The second-order valence-corrected chi connectivity index (χ2v) is 4.09. The third-order valence-electron chi connectivity index (χ3n) is 3.03. The lowest BCUT2D eigenvalue weighted by molar-refractivity contribution is -0.200. The summed E-state index contributed by atoms with van der Waals surface area (Å²) in [6, 6.07) is 0. The van der Waals surface area contributed by atoms with Gasteiger partial charge in [0.2, 0.25) is 0 Å². The van der Waals surface area contributed by atoms with Crippen molar-refractivity contribution in [2.24, 2.45) is 0 Å². The molecule has 0 unspecified atom stereocenters. The van der Waals surface area contributed by atoms with E-state index in [9.17, 15) is 5.11 Å². The fraction of sp³-hybridized carbons (Fsp3) is 0.818. The lowest BCUT2D eigenvalue weighted by Gasteiger charge is -2.41. The van der Waals surface area contributed by atoms with E-state index in [1.807, 2.05) is 0 Å². The molecule has 0 saturated carbocycles. The summed E-state index contributed by atoms with van der Waals surface area (Å²) < 4.78 is 11.4. The Kier molecular flexibility index (Phi) is 3.21. The third kappa shape index (κ3) is 2.00. The molecule has 0 amide bonds. The molecule has 0 bridgehead atoms. The molecule has 2 aliphatic heterocycles. The molecule has 0 aliphatic carbocycles. The fourth-order valence-electron chi connectivity index (χ4n) is 2.27. The molecule has 2 rings (SSSR count). The van der Waals surface area contributed by atoms with Crippen LogP contribution in [0.3, 0.4) is 0 Å². The Balaban J connectivity index is 1.95. The van der Waals surface area contributed by atoms with E-state index in [4.69, 9.17) is 9.47 Å². The first kappa shape index (κ1) is 10.1. The van der Waals surface area contributed by atoms with E-state index in [1.54, 1.807) is 6.08 Å². The molecule has 0 aromatic heterocycles. The molecule has 14 heavy (non-hydrogen) atoms. The van der Waals surface area contributed by atoms with Gasteiger partial charge < -0.3 is 14.6 Å². The maximum atomic E-state index is 9.79. The summed E-state index contributed by atoms with van der Waals surface area (Å²) in [7, 11) is 0. The Bertz CT molecular complexity index is 205. The van der Waals surface area contributed by atoms with E-state index in [0.29, 0.717) is 6.42 Å². The van der Waals surface area contributed by atoms with Gasteiger partial charge in [-0.2, -0.15) is 0 Å². The number of aliphatic hydroxyl groups excluding tert-OH is 1. The molecule has 0 aromatic carbocycles. The zero-order valence-electron chi connectivity index (χ0n) is 8.39. The van der Waals surface area contributed by atoms with Gasteiger partial charge in [-0.15, -0.1) is 6.58 Å². The van der Waals surface area contributed by atoms with Crippen molar-refractivity contribution in [2.45, 2.75) is 50.1 Å². The van der Waals surface area contributed by atoms with Gasteiger partial charge in [0.25, 0.3) is 0 Å². The van der Waals surface area contributed by atoms with Crippen molar-refractivity contribution < 1.29 is 14.6 Å². The molecule has 2 fully saturated rings. The molecule has 0 radical (unpaired) electrons. The first-order chi connectivity index (χ1) is 6.81. The summed E-state index contributed by atoms with van der Waals surface area (Å²) >= 11 is 0. The molecule has 1 N–H and O–H groups in total. The Morgan fingerprint density at radius 3 is 3.07 bits per heavy atom. The van der Waals surface area contributed by atoms with Crippen LogP contribution in [-0.4, -0.2) is 36.1 Å². The molecule has 0 aromatic rings. The lowest BCUT2D eigenvalue weighted by Crippen LogP contribution is -2.49. The average Bonchev–Trinajstić information content (AvgIpc) is 2.19. The Hall–Kier alpha value is -0.380. The predicted octanol–water partition coefficient (Wildman–Crippen LogP) is 1.26. The molecule has 2 heterocycles. The van der Waals surface area contributed by atoms with E-state index in [0.717, 1.165) is 25.9 Å². The van der Waals surface area contributed by atoms with Gasteiger partial charge in [0.15, 0.2) is 0 Å². The van der Waals surface area contributed by atoms with Gasteiger partial charge in [0.1, 0.15) is 0 Å². The number of hydrogen-bond donors (Lipinski definition) is 1. The minimum atomic E-state index is -0.396. The summed E-state index contributed by atoms with van der Waals surface area (Å²) in [5, 5.41) is 9.79. The van der Waals surface area contributed by atoms with Gasteiger partial charge in [-0.3, -0.25) is 0 Å². The van der Waals surface area contributed by atoms with Crippen LogP contribution in [0.5, 0.6) is 0 Å². The smallest absolute Gasteiger partial charge is 0.0874 e. The summed E-state index contributed by atoms with van der Waals surface area (Å²) in [6.45, 7) is 4.48. The van der Waals surface area contributed by atoms with Gasteiger partial charge in [-0.05, 0) is 19.3 Å². The SMILES string of the molecule is C=CC[C@H]1O[C@@H]2CCCO[C@H]2C[C@H]1O. The molecular formula is C11H18O3. The highest BCUT2D eigenvalue weighted by Crippen LogP contribution is 2.30. The van der Waals surface area contributed by atoms with E-state index >= 15 is 0 Å². The summed E-state index contributed by atoms with van der Waals surface area (Å²) in [6.07, 6.45) is 5.20. The fourth-order valence-corrected chi connectivity index (χ4v) is 2.27. The first-order valence-electron chi connectivity index (χ1n) is 5.37. The van der Waals surface area contributed by atoms with Crippen LogP contribution in [0.4, 0.5) is 0 Å². The third-order valence-corrected chi connectivity index (χ3v) is 3.03. The highest BCUT2D eigenvalue weighted by atomic mass is 16.6. The minimum Gasteiger partial charge on any atom is -0.390 e. The van der Waals surface area contributed by atoms with Crippen LogP contribution in [0.25, 0.3) is 0 Å². The monoisotopic (exact) mass is 198 g/mol. The van der Waals surface area contributed by atoms with Crippen molar-refractivity contribution >= 4 is 0 Å². The maximum Gasteiger partial charge on any atom is 0.0874 e. The van der Waals surface area contributed by atoms with Gasteiger partial charge in [-0.25, -0.2) is 0 Å². The van der Waals surface area contributed by atoms with Crippen molar-refractivity contribution in [1.82, 2.24) is 0 Å². The van der Waals surface area contributed by atoms with Crippen molar-refractivity contribution in [3.8, 4) is 0 Å². The zero-order chi connectivity index (χ0) is 9.97. The van der Waals surface area contributed by atoms with E-state index in [2.05, 4.69) is 6.58 Å². The molecule has 3 nitrogen and oxygen atoms in total. The van der Waals surface area contributed by atoms with E-state index in [1.165, 1.54) is 0 Å². The predicted molar refractivity (Wildman–Crippen MR) is 53.1 cm³/mol. The Morgan fingerprint density at radius 2 is 2.29 bits per heavy atom. The van der Waals surface area contributed by atoms with Crippen LogP contribution in [0.2, 0.25) is 0 Å².